The number of halogens is 2. The summed E-state index contributed by atoms with van der Waals surface area (Å²) in [5.74, 6) is 1.43. The predicted octanol–water partition coefficient (Wildman–Crippen LogP) is 5.41. The highest BCUT2D eigenvalue weighted by Gasteiger charge is 2.17. The Kier molecular flexibility index (Phi) is 4.34. The van der Waals surface area contributed by atoms with Crippen molar-refractivity contribution in [2.75, 3.05) is 0 Å². The topological polar surface area (TPSA) is 43.6 Å². The van der Waals surface area contributed by atoms with Crippen molar-refractivity contribution in [1.29, 1.82) is 0 Å². The van der Waals surface area contributed by atoms with E-state index >= 15 is 0 Å². The molecule has 0 aliphatic carbocycles. The van der Waals surface area contributed by atoms with Gasteiger partial charge in [-0.05, 0) is 48.5 Å². The van der Waals surface area contributed by atoms with E-state index in [1.54, 1.807) is 6.20 Å². The Morgan fingerprint density at radius 1 is 0.800 bits per heavy atom. The minimum Gasteiger partial charge on any atom is -0.274 e. The maximum atomic E-state index is 6.05. The van der Waals surface area contributed by atoms with Gasteiger partial charge in [0.05, 0.1) is 0 Å². The van der Waals surface area contributed by atoms with E-state index in [0.29, 0.717) is 10.8 Å². The molecule has 122 valence electrons. The lowest BCUT2D eigenvalue weighted by molar-refractivity contribution is 1.06. The number of hydrogen-bond acceptors (Lipinski definition) is 3. The van der Waals surface area contributed by atoms with Crippen molar-refractivity contribution in [2.24, 2.45) is 0 Å². The lowest BCUT2D eigenvalue weighted by Gasteiger charge is -2.10. The van der Waals surface area contributed by atoms with Crippen LogP contribution in [-0.4, -0.2) is 19.7 Å². The maximum absolute atomic E-state index is 6.05. The third-order valence-electron chi connectivity index (χ3n) is 3.74. The second kappa shape index (κ2) is 6.78. The van der Waals surface area contributed by atoms with Crippen LogP contribution in [0.5, 0.6) is 0 Å². The largest absolute Gasteiger partial charge is 0.274 e. The Bertz CT molecular complexity index is 996. The van der Waals surface area contributed by atoms with Crippen LogP contribution in [0.15, 0.2) is 77.4 Å². The molecule has 0 aliphatic rings. The minimum absolute atomic E-state index is 0.681. The predicted molar refractivity (Wildman–Crippen MR) is 103 cm³/mol. The summed E-state index contributed by atoms with van der Waals surface area (Å²) in [4.78, 5) is 4.42. The Labute approximate surface area is 158 Å². The Morgan fingerprint density at radius 3 is 2.20 bits per heavy atom. The monoisotopic (exact) mass is 410 g/mol. The molecule has 0 aliphatic heterocycles. The number of benzene rings is 2. The van der Waals surface area contributed by atoms with Gasteiger partial charge in [0.15, 0.2) is 11.6 Å². The van der Waals surface area contributed by atoms with Crippen LogP contribution in [-0.2, 0) is 0 Å². The van der Waals surface area contributed by atoms with Crippen molar-refractivity contribution in [3.8, 4) is 28.6 Å². The molecule has 0 N–H and O–H groups in total. The van der Waals surface area contributed by atoms with E-state index in [4.69, 9.17) is 11.6 Å². The fourth-order valence-electron chi connectivity index (χ4n) is 2.57. The lowest BCUT2D eigenvalue weighted by atomic mass is 10.2. The fourth-order valence-corrected chi connectivity index (χ4v) is 2.96. The van der Waals surface area contributed by atoms with E-state index in [0.717, 1.165) is 27.2 Å². The molecule has 4 nitrogen and oxygen atoms in total. The van der Waals surface area contributed by atoms with Gasteiger partial charge in [-0.3, -0.25) is 9.55 Å². The van der Waals surface area contributed by atoms with Crippen molar-refractivity contribution in [3.63, 3.8) is 0 Å². The van der Waals surface area contributed by atoms with Crippen LogP contribution in [0.2, 0.25) is 5.02 Å². The van der Waals surface area contributed by atoms with Gasteiger partial charge in [0.25, 0.3) is 0 Å². The Balaban J connectivity index is 1.94. The summed E-state index contributed by atoms with van der Waals surface area (Å²) < 4.78 is 3.00. The van der Waals surface area contributed by atoms with E-state index in [9.17, 15) is 0 Å². The molecule has 0 fully saturated rings. The van der Waals surface area contributed by atoms with Gasteiger partial charge in [-0.25, -0.2) is 0 Å². The van der Waals surface area contributed by atoms with Crippen LogP contribution in [0, 0.1) is 0 Å². The van der Waals surface area contributed by atoms with E-state index in [-0.39, 0.29) is 0 Å². The van der Waals surface area contributed by atoms with E-state index in [1.807, 2.05) is 71.3 Å². The standard InChI is InChI=1S/C19H12BrClN4/c20-14-6-4-13(5-7-14)18-23-24-19(17-3-1-2-12-22-17)25(18)16-10-8-15(21)9-11-16/h1-12H. The summed E-state index contributed by atoms with van der Waals surface area (Å²) in [5, 5.41) is 9.49. The molecule has 2 aromatic heterocycles. The summed E-state index contributed by atoms with van der Waals surface area (Å²) in [6, 6.07) is 21.3. The van der Waals surface area contributed by atoms with Gasteiger partial charge in [0, 0.05) is 26.9 Å². The van der Waals surface area contributed by atoms with Gasteiger partial charge in [-0.15, -0.1) is 10.2 Å². The number of rotatable bonds is 3. The average Bonchev–Trinajstić information content (AvgIpc) is 3.09. The zero-order valence-corrected chi connectivity index (χ0v) is 15.3. The van der Waals surface area contributed by atoms with Gasteiger partial charge in [0.2, 0.25) is 0 Å². The van der Waals surface area contributed by atoms with E-state index in [1.165, 1.54) is 0 Å². The van der Waals surface area contributed by atoms with Gasteiger partial charge in [0.1, 0.15) is 5.69 Å². The summed E-state index contributed by atoms with van der Waals surface area (Å²) in [7, 11) is 0. The first kappa shape index (κ1) is 16.0. The Morgan fingerprint density at radius 2 is 1.52 bits per heavy atom. The van der Waals surface area contributed by atoms with E-state index < -0.39 is 0 Å². The molecular weight excluding hydrogens is 400 g/mol. The molecule has 2 aromatic carbocycles. The molecule has 0 spiro atoms. The molecule has 2 heterocycles. The first-order chi connectivity index (χ1) is 12.2. The molecule has 6 heteroatoms. The van der Waals surface area contributed by atoms with Crippen molar-refractivity contribution in [2.45, 2.75) is 0 Å². The zero-order chi connectivity index (χ0) is 17.2. The molecule has 0 bridgehead atoms. The summed E-state index contributed by atoms with van der Waals surface area (Å²) in [6.07, 6.45) is 1.75. The lowest BCUT2D eigenvalue weighted by Crippen LogP contribution is -2.01. The van der Waals surface area contributed by atoms with Crippen LogP contribution in [0.4, 0.5) is 0 Å². The third-order valence-corrected chi connectivity index (χ3v) is 4.52. The summed E-state index contributed by atoms with van der Waals surface area (Å²) in [5.41, 5.74) is 2.65. The normalized spacial score (nSPS) is 10.8. The average molecular weight is 412 g/mol. The molecule has 0 amide bonds. The van der Waals surface area contributed by atoms with Gasteiger partial charge in [-0.2, -0.15) is 0 Å². The molecule has 0 radical (unpaired) electrons. The highest BCUT2D eigenvalue weighted by molar-refractivity contribution is 9.10. The quantitative estimate of drug-likeness (QED) is 0.452. The molecule has 4 aromatic rings. The van der Waals surface area contributed by atoms with Crippen LogP contribution >= 0.6 is 27.5 Å². The van der Waals surface area contributed by atoms with Crippen molar-refractivity contribution in [3.05, 3.63) is 82.4 Å². The van der Waals surface area contributed by atoms with Crippen LogP contribution in [0.3, 0.4) is 0 Å². The smallest absolute Gasteiger partial charge is 0.187 e. The van der Waals surface area contributed by atoms with Crippen molar-refractivity contribution < 1.29 is 0 Å². The summed E-state index contributed by atoms with van der Waals surface area (Å²) >= 11 is 9.51. The van der Waals surface area contributed by atoms with Crippen LogP contribution < -0.4 is 0 Å². The zero-order valence-electron chi connectivity index (χ0n) is 13.0. The second-order valence-electron chi connectivity index (χ2n) is 5.38. The van der Waals surface area contributed by atoms with Gasteiger partial charge in [-0.1, -0.05) is 45.7 Å². The van der Waals surface area contributed by atoms with Gasteiger partial charge >= 0.3 is 0 Å². The minimum atomic E-state index is 0.681. The van der Waals surface area contributed by atoms with Crippen LogP contribution in [0.1, 0.15) is 0 Å². The fraction of sp³-hybridized carbons (Fsp3) is 0. The molecule has 0 unspecified atom stereocenters. The Hall–Kier alpha value is -2.50. The molecule has 25 heavy (non-hydrogen) atoms. The molecule has 4 rings (SSSR count). The van der Waals surface area contributed by atoms with Crippen molar-refractivity contribution in [1.82, 2.24) is 19.7 Å². The number of nitrogens with zero attached hydrogens (tertiary/aromatic N) is 4. The number of aromatic nitrogens is 4. The van der Waals surface area contributed by atoms with Crippen LogP contribution in [0.25, 0.3) is 28.6 Å². The van der Waals surface area contributed by atoms with Gasteiger partial charge < -0.3 is 0 Å². The SMILES string of the molecule is Clc1ccc(-n2c(-c3ccc(Br)cc3)nnc2-c2ccccn2)cc1. The third kappa shape index (κ3) is 3.21. The highest BCUT2D eigenvalue weighted by Crippen LogP contribution is 2.28. The first-order valence-electron chi connectivity index (χ1n) is 7.61. The molecule has 0 saturated heterocycles. The number of hydrogen-bond donors (Lipinski definition) is 0. The highest BCUT2D eigenvalue weighted by atomic mass is 79.9. The molecular formula is C19H12BrClN4. The first-order valence-corrected chi connectivity index (χ1v) is 8.78. The summed E-state index contributed by atoms with van der Waals surface area (Å²) in [6.45, 7) is 0. The maximum Gasteiger partial charge on any atom is 0.187 e. The molecule has 0 atom stereocenters. The van der Waals surface area contributed by atoms with Crippen molar-refractivity contribution >= 4 is 27.5 Å². The molecule has 0 saturated carbocycles. The number of pyridine rings is 1. The second-order valence-corrected chi connectivity index (χ2v) is 6.73. The van der Waals surface area contributed by atoms with E-state index in [2.05, 4.69) is 31.1 Å².